The predicted molar refractivity (Wildman–Crippen MR) is 91.7 cm³/mol. The number of nitrogens with one attached hydrogen (secondary N) is 1. The summed E-state index contributed by atoms with van der Waals surface area (Å²) < 4.78 is 13.5. The number of nitrogens with zero attached hydrogens (tertiary/aromatic N) is 2. The topological polar surface area (TPSA) is 62.3 Å². The van der Waals surface area contributed by atoms with Crippen molar-refractivity contribution < 1.29 is 14.0 Å². The maximum Gasteiger partial charge on any atom is 0.255 e. The van der Waals surface area contributed by atoms with E-state index in [0.717, 1.165) is 19.3 Å². The molecule has 4 rings (SSSR count). The monoisotopic (exact) mass is 341 g/mol. The number of hydrogen-bond donors (Lipinski definition) is 1. The molecule has 1 aromatic heterocycles. The van der Waals surface area contributed by atoms with Crippen LogP contribution in [0.2, 0.25) is 0 Å². The summed E-state index contributed by atoms with van der Waals surface area (Å²) in [5, 5.41) is 3.61. The van der Waals surface area contributed by atoms with E-state index < -0.39 is 6.04 Å². The molecule has 2 aromatic rings. The van der Waals surface area contributed by atoms with Gasteiger partial charge in [0.25, 0.3) is 5.91 Å². The smallest absolute Gasteiger partial charge is 0.255 e. The van der Waals surface area contributed by atoms with Gasteiger partial charge < -0.3 is 10.2 Å². The zero-order valence-corrected chi connectivity index (χ0v) is 14.1. The highest BCUT2D eigenvalue weighted by molar-refractivity contribution is 6.07. The summed E-state index contributed by atoms with van der Waals surface area (Å²) >= 11 is 0. The van der Waals surface area contributed by atoms with Gasteiger partial charge in [-0.15, -0.1) is 0 Å². The Hall–Kier alpha value is -2.50. The van der Waals surface area contributed by atoms with E-state index in [9.17, 15) is 14.0 Å². The van der Waals surface area contributed by atoms with Crippen LogP contribution >= 0.6 is 0 Å². The molecule has 25 heavy (non-hydrogen) atoms. The van der Waals surface area contributed by atoms with Crippen LogP contribution in [0.15, 0.2) is 24.3 Å². The van der Waals surface area contributed by atoms with Gasteiger partial charge in [-0.2, -0.15) is 0 Å². The van der Waals surface area contributed by atoms with E-state index in [-0.39, 0.29) is 23.7 Å². The van der Waals surface area contributed by atoms with Gasteiger partial charge in [0.05, 0.1) is 11.1 Å². The van der Waals surface area contributed by atoms with Crippen molar-refractivity contribution in [1.29, 1.82) is 0 Å². The number of carbonyl (C=O) groups excluding carboxylic acids is 2. The fraction of sp³-hybridized carbons (Fsp3) is 0.421. The van der Waals surface area contributed by atoms with Gasteiger partial charge in [-0.25, -0.2) is 4.39 Å². The molecule has 130 valence electrons. The second-order valence-corrected chi connectivity index (χ2v) is 6.91. The molecule has 1 saturated carbocycles. The Morgan fingerprint density at radius 2 is 2.04 bits per heavy atom. The summed E-state index contributed by atoms with van der Waals surface area (Å²) in [5.74, 6) is -0.628. The van der Waals surface area contributed by atoms with Crippen LogP contribution in [0.25, 0.3) is 10.9 Å². The lowest BCUT2D eigenvalue weighted by Crippen LogP contribution is -2.46. The first kappa shape index (κ1) is 16.0. The minimum Gasteiger partial charge on any atom is -0.352 e. The highest BCUT2D eigenvalue weighted by Crippen LogP contribution is 2.26. The largest absolute Gasteiger partial charge is 0.352 e. The van der Waals surface area contributed by atoms with Gasteiger partial charge in [-0.05, 0) is 50.8 Å². The highest BCUT2D eigenvalue weighted by Gasteiger charge is 2.37. The van der Waals surface area contributed by atoms with Crippen molar-refractivity contribution in [2.75, 3.05) is 6.54 Å². The Morgan fingerprint density at radius 3 is 2.80 bits per heavy atom. The Kier molecular flexibility index (Phi) is 3.90. The zero-order chi connectivity index (χ0) is 17.6. The standard InChI is InChI=1S/C19H20FN3O2/c1-11-9-15(14-7-4-12(20)10-16(14)21-11)19(25)23-8-2-3-17(23)18(24)22-13-5-6-13/h4,7,9-10,13,17H,2-3,5-6,8H2,1H3,(H,22,24). The van der Waals surface area contributed by atoms with Gasteiger partial charge in [-0.3, -0.25) is 14.6 Å². The first-order chi connectivity index (χ1) is 12.0. The van der Waals surface area contributed by atoms with Crippen molar-refractivity contribution in [3.63, 3.8) is 0 Å². The van der Waals surface area contributed by atoms with Crippen LogP contribution in [0.4, 0.5) is 4.39 Å². The molecule has 5 nitrogen and oxygen atoms in total. The third-order valence-corrected chi connectivity index (χ3v) is 4.87. The van der Waals surface area contributed by atoms with E-state index >= 15 is 0 Å². The Morgan fingerprint density at radius 1 is 1.24 bits per heavy atom. The Balaban J connectivity index is 1.67. The molecule has 0 radical (unpaired) electrons. The lowest BCUT2D eigenvalue weighted by atomic mass is 10.1. The van der Waals surface area contributed by atoms with E-state index in [1.807, 2.05) is 0 Å². The molecule has 0 spiro atoms. The summed E-state index contributed by atoms with van der Waals surface area (Å²) in [6, 6.07) is 5.82. The number of amides is 2. The molecule has 0 bridgehead atoms. The van der Waals surface area contributed by atoms with Gasteiger partial charge in [0, 0.05) is 29.7 Å². The molecule has 1 aromatic carbocycles. The van der Waals surface area contributed by atoms with Crippen molar-refractivity contribution in [2.24, 2.45) is 0 Å². The van der Waals surface area contributed by atoms with Crippen molar-refractivity contribution in [3.8, 4) is 0 Å². The maximum absolute atomic E-state index is 13.5. The van der Waals surface area contributed by atoms with Crippen LogP contribution in [0.5, 0.6) is 0 Å². The number of likely N-dealkylation sites (tertiary alicyclic amines) is 1. The van der Waals surface area contributed by atoms with E-state index in [4.69, 9.17) is 0 Å². The van der Waals surface area contributed by atoms with Gasteiger partial charge in [0.2, 0.25) is 5.91 Å². The number of rotatable bonds is 3. The van der Waals surface area contributed by atoms with Gasteiger partial charge in [0.15, 0.2) is 0 Å². The van der Waals surface area contributed by atoms with Gasteiger partial charge in [-0.1, -0.05) is 0 Å². The van der Waals surface area contributed by atoms with Crippen LogP contribution in [0.3, 0.4) is 0 Å². The average molecular weight is 341 g/mol. The Bertz CT molecular complexity index is 858. The van der Waals surface area contributed by atoms with Crippen LogP contribution in [-0.2, 0) is 4.79 Å². The summed E-state index contributed by atoms with van der Waals surface area (Å²) in [6.45, 7) is 2.34. The summed E-state index contributed by atoms with van der Waals surface area (Å²) in [4.78, 5) is 31.6. The van der Waals surface area contributed by atoms with E-state index in [0.29, 0.717) is 35.1 Å². The quantitative estimate of drug-likeness (QED) is 0.933. The molecule has 1 unspecified atom stereocenters. The minimum atomic E-state index is -0.419. The molecule has 2 fully saturated rings. The molecular formula is C19H20FN3O2. The van der Waals surface area contributed by atoms with Crippen molar-refractivity contribution in [2.45, 2.75) is 44.7 Å². The molecule has 2 amide bonds. The maximum atomic E-state index is 13.5. The van der Waals surface area contributed by atoms with Crippen LogP contribution < -0.4 is 5.32 Å². The molecule has 6 heteroatoms. The molecule has 1 atom stereocenters. The summed E-state index contributed by atoms with van der Waals surface area (Å²) in [5.41, 5.74) is 1.59. The normalized spacial score (nSPS) is 20.1. The number of hydrogen-bond acceptors (Lipinski definition) is 3. The minimum absolute atomic E-state index is 0.0607. The molecule has 1 N–H and O–H groups in total. The first-order valence-corrected chi connectivity index (χ1v) is 8.71. The van der Waals surface area contributed by atoms with E-state index in [1.54, 1.807) is 24.0 Å². The van der Waals surface area contributed by atoms with Crippen molar-refractivity contribution in [1.82, 2.24) is 15.2 Å². The van der Waals surface area contributed by atoms with Gasteiger partial charge in [0.1, 0.15) is 11.9 Å². The molecule has 2 aliphatic rings. The lowest BCUT2D eigenvalue weighted by molar-refractivity contribution is -0.125. The third-order valence-electron chi connectivity index (χ3n) is 4.87. The van der Waals surface area contributed by atoms with E-state index in [2.05, 4.69) is 10.3 Å². The average Bonchev–Trinajstić information content (AvgIpc) is 3.24. The van der Waals surface area contributed by atoms with Crippen molar-refractivity contribution in [3.05, 3.63) is 41.3 Å². The SMILES string of the molecule is Cc1cc(C(=O)N2CCCC2C(=O)NC2CC2)c2ccc(F)cc2n1. The number of fused-ring (bicyclic) bond motifs is 1. The van der Waals surface area contributed by atoms with Crippen LogP contribution in [0.1, 0.15) is 41.7 Å². The number of benzene rings is 1. The Labute approximate surface area is 145 Å². The first-order valence-electron chi connectivity index (χ1n) is 8.71. The summed E-state index contributed by atoms with van der Waals surface area (Å²) in [7, 11) is 0. The molecule has 1 saturated heterocycles. The fourth-order valence-electron chi connectivity index (χ4n) is 3.47. The number of pyridine rings is 1. The highest BCUT2D eigenvalue weighted by atomic mass is 19.1. The number of halogens is 1. The van der Waals surface area contributed by atoms with Gasteiger partial charge >= 0.3 is 0 Å². The predicted octanol–water partition coefficient (Wildman–Crippen LogP) is 2.57. The molecule has 1 aliphatic carbocycles. The number of aromatic nitrogens is 1. The molecule has 2 heterocycles. The van der Waals surface area contributed by atoms with Crippen molar-refractivity contribution >= 4 is 22.7 Å². The lowest BCUT2D eigenvalue weighted by Gasteiger charge is -2.24. The summed E-state index contributed by atoms with van der Waals surface area (Å²) in [6.07, 6.45) is 3.53. The number of carbonyl (C=O) groups is 2. The van der Waals surface area contributed by atoms with Crippen LogP contribution in [-0.4, -0.2) is 40.3 Å². The van der Waals surface area contributed by atoms with Crippen LogP contribution in [0, 0.1) is 12.7 Å². The van der Waals surface area contributed by atoms with E-state index in [1.165, 1.54) is 12.1 Å². The second kappa shape index (κ2) is 6.10. The molecular weight excluding hydrogens is 321 g/mol. The second-order valence-electron chi connectivity index (χ2n) is 6.91. The number of aryl methyl sites for hydroxylation is 1. The fourth-order valence-corrected chi connectivity index (χ4v) is 3.47. The zero-order valence-electron chi connectivity index (χ0n) is 14.1. The molecule has 1 aliphatic heterocycles. The third kappa shape index (κ3) is 3.08.